The first-order chi connectivity index (χ1) is 11.2. The number of para-hydroxylation sites is 4. The van der Waals surface area contributed by atoms with Gasteiger partial charge in [0.2, 0.25) is 5.91 Å². The highest BCUT2D eigenvalue weighted by Gasteiger charge is 2.18. The first kappa shape index (κ1) is 15.4. The Bertz CT molecular complexity index is 798. The Balaban J connectivity index is 1.69. The number of aromatic amines is 1. The molecule has 0 bridgehead atoms. The van der Waals surface area contributed by atoms with Crippen LogP contribution in [0.15, 0.2) is 53.7 Å². The molecule has 0 saturated heterocycles. The zero-order chi connectivity index (χ0) is 16.2. The first-order valence-electron chi connectivity index (χ1n) is 7.22. The number of aromatic nitrogens is 2. The molecule has 2 aromatic carbocycles. The second-order valence-corrected chi connectivity index (χ2v) is 6.34. The fraction of sp³-hybridized carbons (Fsp3) is 0.176. The van der Waals surface area contributed by atoms with Gasteiger partial charge in [-0.3, -0.25) is 4.79 Å². The number of imidazole rings is 1. The fourth-order valence-electron chi connectivity index (χ4n) is 2.19. The lowest BCUT2D eigenvalue weighted by Gasteiger charge is -2.13. The van der Waals surface area contributed by atoms with Crippen LogP contribution in [-0.4, -0.2) is 28.2 Å². The number of anilines is 1. The fourth-order valence-corrected chi connectivity index (χ4v) is 3.01. The molecule has 1 aromatic heterocycles. The van der Waals surface area contributed by atoms with Crippen molar-refractivity contribution in [3.8, 4) is 5.75 Å². The third-order valence-corrected chi connectivity index (χ3v) is 4.37. The molecule has 1 amide bonds. The normalized spacial score (nSPS) is 12.1. The number of hydrogen-bond acceptors (Lipinski definition) is 4. The second-order valence-electron chi connectivity index (χ2n) is 5.01. The summed E-state index contributed by atoms with van der Waals surface area (Å²) in [5, 5.41) is 3.33. The van der Waals surface area contributed by atoms with Crippen LogP contribution in [0.2, 0.25) is 0 Å². The molecule has 23 heavy (non-hydrogen) atoms. The molecule has 1 heterocycles. The van der Waals surface area contributed by atoms with Crippen LogP contribution in [0.3, 0.4) is 0 Å². The number of hydrogen-bond donors (Lipinski definition) is 2. The van der Waals surface area contributed by atoms with Crippen LogP contribution in [0, 0.1) is 0 Å². The third-order valence-electron chi connectivity index (χ3n) is 3.39. The molecular formula is C17H17N3O2S. The van der Waals surface area contributed by atoms with Crippen molar-refractivity contribution in [1.29, 1.82) is 0 Å². The summed E-state index contributed by atoms with van der Waals surface area (Å²) in [5.74, 6) is 0.543. The highest BCUT2D eigenvalue weighted by atomic mass is 32.2. The van der Waals surface area contributed by atoms with E-state index in [0.29, 0.717) is 11.4 Å². The number of amides is 1. The van der Waals surface area contributed by atoms with Gasteiger partial charge >= 0.3 is 0 Å². The molecule has 0 unspecified atom stereocenters. The van der Waals surface area contributed by atoms with E-state index in [1.54, 1.807) is 7.11 Å². The van der Waals surface area contributed by atoms with Crippen LogP contribution in [0.25, 0.3) is 11.0 Å². The summed E-state index contributed by atoms with van der Waals surface area (Å²) in [6.45, 7) is 1.85. The van der Waals surface area contributed by atoms with E-state index in [1.165, 1.54) is 11.8 Å². The number of carbonyl (C=O) groups excluding carboxylic acids is 1. The van der Waals surface area contributed by atoms with Gasteiger partial charge in [0.25, 0.3) is 0 Å². The summed E-state index contributed by atoms with van der Waals surface area (Å²) in [4.78, 5) is 20.1. The molecule has 0 aliphatic rings. The molecule has 3 rings (SSSR count). The van der Waals surface area contributed by atoms with Gasteiger partial charge in [0.1, 0.15) is 5.75 Å². The van der Waals surface area contributed by atoms with Crippen LogP contribution in [-0.2, 0) is 4.79 Å². The molecule has 0 aliphatic heterocycles. The Morgan fingerprint density at radius 1 is 1.22 bits per heavy atom. The monoisotopic (exact) mass is 327 g/mol. The lowest BCUT2D eigenvalue weighted by molar-refractivity contribution is -0.115. The molecule has 3 aromatic rings. The molecule has 118 valence electrons. The van der Waals surface area contributed by atoms with Crippen molar-refractivity contribution in [3.63, 3.8) is 0 Å². The minimum Gasteiger partial charge on any atom is -0.495 e. The Labute approximate surface area is 138 Å². The quantitative estimate of drug-likeness (QED) is 0.701. The zero-order valence-corrected chi connectivity index (χ0v) is 13.7. The van der Waals surface area contributed by atoms with Crippen LogP contribution >= 0.6 is 11.8 Å². The molecule has 6 heteroatoms. The van der Waals surface area contributed by atoms with E-state index in [1.807, 2.05) is 55.5 Å². The van der Waals surface area contributed by atoms with Crippen LogP contribution in [0.1, 0.15) is 6.92 Å². The molecule has 0 saturated carbocycles. The number of H-pyrrole nitrogens is 1. The minimum atomic E-state index is -0.291. The maximum Gasteiger partial charge on any atom is 0.237 e. The number of fused-ring (bicyclic) bond motifs is 1. The molecule has 5 nitrogen and oxygen atoms in total. The lowest BCUT2D eigenvalue weighted by atomic mass is 10.3. The standard InChI is InChI=1S/C17H17N3O2S/c1-11(16(21)18-14-9-5-6-10-15(14)22-2)23-17-19-12-7-3-4-8-13(12)20-17/h3-11H,1-2H3,(H,18,21)(H,19,20)/t11-/m0/s1. The predicted molar refractivity (Wildman–Crippen MR) is 93.0 cm³/mol. The maximum absolute atomic E-state index is 12.4. The van der Waals surface area contributed by atoms with Crippen molar-refractivity contribution in [3.05, 3.63) is 48.5 Å². The summed E-state index contributed by atoms with van der Waals surface area (Å²) in [6, 6.07) is 15.1. The Morgan fingerprint density at radius 2 is 1.96 bits per heavy atom. The van der Waals surface area contributed by atoms with Gasteiger partial charge in [0.15, 0.2) is 5.16 Å². The highest BCUT2D eigenvalue weighted by molar-refractivity contribution is 8.00. The average molecular weight is 327 g/mol. The van der Waals surface area contributed by atoms with Gasteiger partial charge < -0.3 is 15.0 Å². The van der Waals surface area contributed by atoms with Gasteiger partial charge in [-0.2, -0.15) is 0 Å². The van der Waals surface area contributed by atoms with Crippen molar-refractivity contribution in [2.24, 2.45) is 0 Å². The Kier molecular flexibility index (Phi) is 4.52. The zero-order valence-electron chi connectivity index (χ0n) is 12.9. The Morgan fingerprint density at radius 3 is 2.74 bits per heavy atom. The summed E-state index contributed by atoms with van der Waals surface area (Å²) in [6.07, 6.45) is 0. The van der Waals surface area contributed by atoms with E-state index in [0.717, 1.165) is 16.2 Å². The van der Waals surface area contributed by atoms with Gasteiger partial charge in [-0.25, -0.2) is 4.98 Å². The number of thioether (sulfide) groups is 1. The lowest BCUT2D eigenvalue weighted by Crippen LogP contribution is -2.22. The average Bonchev–Trinajstić information content (AvgIpc) is 2.97. The van der Waals surface area contributed by atoms with E-state index in [-0.39, 0.29) is 11.2 Å². The van der Waals surface area contributed by atoms with E-state index in [9.17, 15) is 4.79 Å². The molecule has 0 aliphatic carbocycles. The number of ether oxygens (including phenoxy) is 1. The molecule has 2 N–H and O–H groups in total. The number of rotatable bonds is 5. The van der Waals surface area contributed by atoms with Crippen molar-refractivity contribution < 1.29 is 9.53 Å². The summed E-state index contributed by atoms with van der Waals surface area (Å²) in [5.41, 5.74) is 2.52. The van der Waals surface area contributed by atoms with Crippen molar-refractivity contribution in [1.82, 2.24) is 9.97 Å². The number of nitrogens with zero attached hydrogens (tertiary/aromatic N) is 1. The Hall–Kier alpha value is -2.47. The van der Waals surface area contributed by atoms with Gasteiger partial charge in [-0.05, 0) is 31.2 Å². The van der Waals surface area contributed by atoms with Crippen molar-refractivity contribution in [2.45, 2.75) is 17.3 Å². The summed E-state index contributed by atoms with van der Waals surface area (Å²) >= 11 is 1.39. The first-order valence-corrected chi connectivity index (χ1v) is 8.10. The smallest absolute Gasteiger partial charge is 0.237 e. The molecule has 0 spiro atoms. The van der Waals surface area contributed by atoms with E-state index in [4.69, 9.17) is 4.74 Å². The van der Waals surface area contributed by atoms with Gasteiger partial charge in [0, 0.05) is 0 Å². The molecule has 1 atom stereocenters. The van der Waals surface area contributed by atoms with Crippen LogP contribution < -0.4 is 10.1 Å². The number of methoxy groups -OCH3 is 1. The van der Waals surface area contributed by atoms with E-state index in [2.05, 4.69) is 15.3 Å². The van der Waals surface area contributed by atoms with E-state index < -0.39 is 0 Å². The SMILES string of the molecule is COc1ccccc1NC(=O)[C@H](C)Sc1nc2ccccc2[nH]1. The van der Waals surface area contributed by atoms with Crippen molar-refractivity contribution in [2.75, 3.05) is 12.4 Å². The van der Waals surface area contributed by atoms with Gasteiger partial charge in [-0.15, -0.1) is 0 Å². The third kappa shape index (κ3) is 3.48. The van der Waals surface area contributed by atoms with Crippen LogP contribution in [0.4, 0.5) is 5.69 Å². The topological polar surface area (TPSA) is 67.0 Å². The number of carbonyl (C=O) groups is 1. The number of benzene rings is 2. The number of nitrogens with one attached hydrogen (secondary N) is 2. The summed E-state index contributed by atoms with van der Waals surface area (Å²) in [7, 11) is 1.58. The summed E-state index contributed by atoms with van der Waals surface area (Å²) < 4.78 is 5.24. The largest absolute Gasteiger partial charge is 0.495 e. The van der Waals surface area contributed by atoms with Gasteiger partial charge in [0.05, 0.1) is 29.1 Å². The van der Waals surface area contributed by atoms with E-state index >= 15 is 0 Å². The second kappa shape index (κ2) is 6.75. The maximum atomic E-state index is 12.4. The highest BCUT2D eigenvalue weighted by Crippen LogP contribution is 2.27. The molecule has 0 fully saturated rings. The minimum absolute atomic E-state index is 0.0973. The van der Waals surface area contributed by atoms with Crippen LogP contribution in [0.5, 0.6) is 5.75 Å². The van der Waals surface area contributed by atoms with Crippen molar-refractivity contribution >= 4 is 34.4 Å². The van der Waals surface area contributed by atoms with Gasteiger partial charge in [-0.1, -0.05) is 36.0 Å². The molecular weight excluding hydrogens is 310 g/mol. The molecule has 0 radical (unpaired) electrons. The predicted octanol–water partition coefficient (Wildman–Crippen LogP) is 3.69.